The van der Waals surface area contributed by atoms with Crippen molar-refractivity contribution >= 4 is 21.8 Å². The minimum atomic E-state index is -0.488. The van der Waals surface area contributed by atoms with Gasteiger partial charge in [-0.3, -0.25) is 4.79 Å². The maximum absolute atomic E-state index is 11.2. The van der Waals surface area contributed by atoms with Crippen molar-refractivity contribution in [2.75, 3.05) is 20.3 Å². The molecule has 0 unspecified atom stereocenters. The molecule has 0 spiro atoms. The van der Waals surface area contributed by atoms with Crippen LogP contribution in [-0.4, -0.2) is 35.9 Å². The van der Waals surface area contributed by atoms with Crippen molar-refractivity contribution in [2.24, 2.45) is 5.73 Å². The first-order chi connectivity index (χ1) is 10.1. The topological polar surface area (TPSA) is 82.2 Å². The Morgan fingerprint density at radius 3 is 3.00 bits per heavy atom. The molecule has 0 atom stereocenters. The van der Waals surface area contributed by atoms with Crippen LogP contribution in [0.4, 0.5) is 0 Å². The van der Waals surface area contributed by atoms with Crippen LogP contribution in [-0.2, 0) is 11.3 Å². The minimum Gasteiger partial charge on any atom is -0.383 e. The molecule has 112 valence electrons. The van der Waals surface area contributed by atoms with E-state index in [1.807, 2.05) is 18.2 Å². The van der Waals surface area contributed by atoms with Gasteiger partial charge < -0.3 is 15.8 Å². The first-order valence-electron chi connectivity index (χ1n) is 6.44. The Labute approximate surface area is 131 Å². The summed E-state index contributed by atoms with van der Waals surface area (Å²) in [5, 5.41) is 7.48. The van der Waals surface area contributed by atoms with Gasteiger partial charge in [0.15, 0.2) is 0 Å². The molecule has 2 aromatic rings. The number of methoxy groups -OCH3 is 1. The number of rotatable bonds is 7. The van der Waals surface area contributed by atoms with Crippen molar-refractivity contribution in [2.45, 2.75) is 6.54 Å². The van der Waals surface area contributed by atoms with Crippen molar-refractivity contribution in [1.29, 1.82) is 0 Å². The SMILES string of the molecule is COCCNCc1cc(Br)ccc1-n1cc(C(N)=O)cn1. The van der Waals surface area contributed by atoms with Gasteiger partial charge in [0.05, 0.1) is 24.1 Å². The Balaban J connectivity index is 2.22. The molecule has 0 saturated carbocycles. The molecule has 0 fully saturated rings. The van der Waals surface area contributed by atoms with Crippen LogP contribution >= 0.6 is 15.9 Å². The predicted molar refractivity (Wildman–Crippen MR) is 83.4 cm³/mol. The summed E-state index contributed by atoms with van der Waals surface area (Å²) in [6.07, 6.45) is 3.09. The van der Waals surface area contributed by atoms with E-state index in [-0.39, 0.29) is 0 Å². The lowest BCUT2D eigenvalue weighted by molar-refractivity contribution is 0.100. The van der Waals surface area contributed by atoms with Crippen LogP contribution in [0.2, 0.25) is 0 Å². The molecular formula is C14H17BrN4O2. The second-order valence-corrected chi connectivity index (χ2v) is 5.40. The maximum Gasteiger partial charge on any atom is 0.251 e. The van der Waals surface area contributed by atoms with Gasteiger partial charge in [0.2, 0.25) is 0 Å². The normalized spacial score (nSPS) is 10.8. The molecule has 0 radical (unpaired) electrons. The summed E-state index contributed by atoms with van der Waals surface area (Å²) in [5.74, 6) is -0.488. The molecule has 0 saturated heterocycles. The van der Waals surface area contributed by atoms with Crippen LogP contribution in [0.15, 0.2) is 35.1 Å². The number of nitrogens with zero attached hydrogens (tertiary/aromatic N) is 2. The number of nitrogens with one attached hydrogen (secondary N) is 1. The monoisotopic (exact) mass is 352 g/mol. The van der Waals surface area contributed by atoms with Crippen LogP contribution in [0.1, 0.15) is 15.9 Å². The van der Waals surface area contributed by atoms with Crippen LogP contribution in [0.3, 0.4) is 0 Å². The Morgan fingerprint density at radius 2 is 2.33 bits per heavy atom. The highest BCUT2D eigenvalue weighted by atomic mass is 79.9. The lowest BCUT2D eigenvalue weighted by Gasteiger charge is -2.11. The largest absolute Gasteiger partial charge is 0.383 e. The predicted octanol–water partition coefficient (Wildman–Crippen LogP) is 1.47. The molecule has 0 aliphatic carbocycles. The van der Waals surface area contributed by atoms with Gasteiger partial charge >= 0.3 is 0 Å². The zero-order valence-electron chi connectivity index (χ0n) is 11.7. The number of ether oxygens (including phenoxy) is 1. The number of primary amides is 1. The number of aromatic nitrogens is 2. The van der Waals surface area contributed by atoms with Gasteiger partial charge in [-0.15, -0.1) is 0 Å². The molecule has 7 heteroatoms. The van der Waals surface area contributed by atoms with E-state index in [4.69, 9.17) is 10.5 Å². The third kappa shape index (κ3) is 4.13. The molecule has 2 rings (SSSR count). The van der Waals surface area contributed by atoms with E-state index in [2.05, 4.69) is 26.3 Å². The van der Waals surface area contributed by atoms with Crippen molar-refractivity contribution < 1.29 is 9.53 Å². The molecule has 1 aromatic heterocycles. The van der Waals surface area contributed by atoms with Crippen LogP contribution in [0, 0.1) is 0 Å². The van der Waals surface area contributed by atoms with Gasteiger partial charge in [-0.25, -0.2) is 4.68 Å². The van der Waals surface area contributed by atoms with E-state index in [1.165, 1.54) is 6.20 Å². The van der Waals surface area contributed by atoms with Crippen molar-refractivity contribution in [3.63, 3.8) is 0 Å². The van der Waals surface area contributed by atoms with Crippen LogP contribution in [0.25, 0.3) is 5.69 Å². The number of carbonyl (C=O) groups excluding carboxylic acids is 1. The maximum atomic E-state index is 11.2. The molecule has 21 heavy (non-hydrogen) atoms. The van der Waals surface area contributed by atoms with E-state index in [0.717, 1.165) is 22.3 Å². The fourth-order valence-corrected chi connectivity index (χ4v) is 2.31. The summed E-state index contributed by atoms with van der Waals surface area (Å²) in [4.78, 5) is 11.2. The van der Waals surface area contributed by atoms with Gasteiger partial charge in [-0.1, -0.05) is 15.9 Å². The van der Waals surface area contributed by atoms with Gasteiger partial charge in [-0.05, 0) is 23.8 Å². The summed E-state index contributed by atoms with van der Waals surface area (Å²) >= 11 is 3.46. The molecule has 1 heterocycles. The van der Waals surface area contributed by atoms with E-state index in [0.29, 0.717) is 18.7 Å². The first kappa shape index (κ1) is 15.7. The highest BCUT2D eigenvalue weighted by Gasteiger charge is 2.09. The number of amides is 1. The highest BCUT2D eigenvalue weighted by molar-refractivity contribution is 9.10. The zero-order valence-corrected chi connectivity index (χ0v) is 13.3. The molecule has 0 aliphatic heterocycles. The number of halogens is 1. The summed E-state index contributed by atoms with van der Waals surface area (Å²) < 4.78 is 7.64. The average molecular weight is 353 g/mol. The average Bonchev–Trinajstić information content (AvgIpc) is 2.93. The van der Waals surface area contributed by atoms with Crippen LogP contribution < -0.4 is 11.1 Å². The summed E-state index contributed by atoms with van der Waals surface area (Å²) in [6.45, 7) is 2.08. The molecular weight excluding hydrogens is 336 g/mol. The summed E-state index contributed by atoms with van der Waals surface area (Å²) in [7, 11) is 1.67. The Kier molecular flexibility index (Phi) is 5.49. The third-order valence-corrected chi connectivity index (χ3v) is 3.45. The van der Waals surface area contributed by atoms with Gasteiger partial charge in [0.1, 0.15) is 0 Å². The number of benzene rings is 1. The van der Waals surface area contributed by atoms with Gasteiger partial charge in [0, 0.05) is 30.9 Å². The van der Waals surface area contributed by atoms with Gasteiger partial charge in [-0.2, -0.15) is 5.10 Å². The standard InChI is InChI=1S/C14H17BrN4O2/c1-21-5-4-17-7-10-6-12(15)2-3-13(10)19-9-11(8-18-19)14(16)20/h2-3,6,8-9,17H,4-5,7H2,1H3,(H2,16,20). The number of carbonyl (C=O) groups is 1. The third-order valence-electron chi connectivity index (χ3n) is 2.95. The molecule has 3 N–H and O–H groups in total. The highest BCUT2D eigenvalue weighted by Crippen LogP contribution is 2.20. The Morgan fingerprint density at radius 1 is 1.52 bits per heavy atom. The zero-order chi connectivity index (χ0) is 15.2. The fourth-order valence-electron chi connectivity index (χ4n) is 1.90. The molecule has 0 bridgehead atoms. The van der Waals surface area contributed by atoms with E-state index in [9.17, 15) is 4.79 Å². The quantitative estimate of drug-likeness (QED) is 0.739. The molecule has 0 aliphatic rings. The second kappa shape index (κ2) is 7.35. The molecule has 6 nitrogen and oxygen atoms in total. The van der Waals surface area contributed by atoms with E-state index in [1.54, 1.807) is 18.0 Å². The Hall–Kier alpha value is -1.70. The lowest BCUT2D eigenvalue weighted by atomic mass is 10.1. The fraction of sp³-hybridized carbons (Fsp3) is 0.286. The minimum absolute atomic E-state index is 0.385. The first-order valence-corrected chi connectivity index (χ1v) is 7.24. The van der Waals surface area contributed by atoms with Crippen LogP contribution in [0.5, 0.6) is 0 Å². The summed E-state index contributed by atoms with van der Waals surface area (Å²) in [5.41, 5.74) is 7.59. The number of hydrogen-bond donors (Lipinski definition) is 2. The van der Waals surface area contributed by atoms with Crippen molar-refractivity contribution in [3.8, 4) is 5.69 Å². The molecule has 1 aromatic carbocycles. The van der Waals surface area contributed by atoms with E-state index >= 15 is 0 Å². The smallest absolute Gasteiger partial charge is 0.251 e. The second-order valence-electron chi connectivity index (χ2n) is 4.48. The van der Waals surface area contributed by atoms with E-state index < -0.39 is 5.91 Å². The van der Waals surface area contributed by atoms with Gasteiger partial charge in [0.25, 0.3) is 5.91 Å². The Bertz CT molecular complexity index is 627. The van der Waals surface area contributed by atoms with Crippen molar-refractivity contribution in [1.82, 2.24) is 15.1 Å². The lowest BCUT2D eigenvalue weighted by Crippen LogP contribution is -2.19. The van der Waals surface area contributed by atoms with Crippen molar-refractivity contribution in [3.05, 3.63) is 46.2 Å². The number of nitrogens with two attached hydrogens (primary N) is 1. The number of hydrogen-bond acceptors (Lipinski definition) is 4. The molecule has 1 amide bonds. The summed E-state index contributed by atoms with van der Waals surface area (Å²) in [6, 6.07) is 5.88.